The normalized spacial score (nSPS) is 23.7. The summed E-state index contributed by atoms with van der Waals surface area (Å²) in [6.45, 7) is 3.56. The highest BCUT2D eigenvalue weighted by atomic mass is 16.4. The maximum absolute atomic E-state index is 10.7. The highest BCUT2D eigenvalue weighted by Crippen LogP contribution is 2.56. The summed E-state index contributed by atoms with van der Waals surface area (Å²) in [5.41, 5.74) is 0.135. The molecule has 1 saturated heterocycles. The Bertz CT molecular complexity index is 417. The quantitative estimate of drug-likeness (QED) is 0.740. The van der Waals surface area contributed by atoms with Crippen LogP contribution >= 0.6 is 0 Å². The number of hydrogen-bond acceptors (Lipinski definition) is 4. The summed E-state index contributed by atoms with van der Waals surface area (Å²) < 4.78 is 5.61. The number of piperidine rings is 1. The largest absolute Gasteiger partial charge is 0.425 e. The van der Waals surface area contributed by atoms with Gasteiger partial charge in [-0.25, -0.2) is 0 Å². The summed E-state index contributed by atoms with van der Waals surface area (Å²) in [6.07, 6.45) is 5.37. The van der Waals surface area contributed by atoms with Crippen molar-refractivity contribution in [3.05, 3.63) is 11.8 Å². The molecule has 1 aromatic rings. The summed E-state index contributed by atoms with van der Waals surface area (Å²) in [5.74, 6) is 2.06. The van der Waals surface area contributed by atoms with Gasteiger partial charge in [-0.15, -0.1) is 10.2 Å². The first-order chi connectivity index (χ1) is 8.24. The van der Waals surface area contributed by atoms with Crippen LogP contribution in [0.15, 0.2) is 4.42 Å². The Kier molecular flexibility index (Phi) is 2.42. The Morgan fingerprint density at radius 2 is 2.06 bits per heavy atom. The predicted octanol–water partition coefficient (Wildman–Crippen LogP) is 1.28. The third kappa shape index (κ3) is 1.73. The molecular formula is C12H17N3O2. The molecule has 17 heavy (non-hydrogen) atoms. The number of carbonyl (C=O) groups excluding carboxylic acids is 1. The molecule has 2 aliphatic rings. The molecule has 0 unspecified atom stereocenters. The zero-order chi connectivity index (χ0) is 11.9. The lowest BCUT2D eigenvalue weighted by Crippen LogP contribution is -2.37. The zero-order valence-corrected chi connectivity index (χ0v) is 10.1. The molecule has 1 aliphatic heterocycles. The van der Waals surface area contributed by atoms with E-state index < -0.39 is 0 Å². The van der Waals surface area contributed by atoms with E-state index >= 15 is 0 Å². The van der Waals surface area contributed by atoms with E-state index in [9.17, 15) is 4.79 Å². The van der Waals surface area contributed by atoms with Crippen molar-refractivity contribution in [2.24, 2.45) is 5.92 Å². The van der Waals surface area contributed by atoms with Crippen LogP contribution in [0.1, 0.15) is 37.5 Å². The predicted molar refractivity (Wildman–Crippen MR) is 60.3 cm³/mol. The van der Waals surface area contributed by atoms with Gasteiger partial charge in [0.05, 0.1) is 5.41 Å². The number of aryl methyl sites for hydroxylation is 1. The molecule has 0 aromatic carbocycles. The van der Waals surface area contributed by atoms with Gasteiger partial charge < -0.3 is 9.32 Å². The Morgan fingerprint density at radius 3 is 2.53 bits per heavy atom. The van der Waals surface area contributed by atoms with E-state index in [0.717, 1.165) is 51.1 Å². The molecule has 3 rings (SSSR count). The highest BCUT2D eigenvalue weighted by molar-refractivity contribution is 5.47. The van der Waals surface area contributed by atoms with Crippen molar-refractivity contribution in [3.8, 4) is 0 Å². The van der Waals surface area contributed by atoms with E-state index in [1.54, 1.807) is 0 Å². The van der Waals surface area contributed by atoms with E-state index in [2.05, 4.69) is 10.2 Å². The van der Waals surface area contributed by atoms with Gasteiger partial charge in [0.15, 0.2) is 0 Å². The minimum Gasteiger partial charge on any atom is -0.425 e. The molecule has 0 bridgehead atoms. The fourth-order valence-electron chi connectivity index (χ4n) is 2.99. The average Bonchev–Trinajstić information content (AvgIpc) is 3.06. The van der Waals surface area contributed by atoms with Gasteiger partial charge >= 0.3 is 0 Å². The van der Waals surface area contributed by atoms with Crippen molar-refractivity contribution < 1.29 is 9.21 Å². The van der Waals surface area contributed by atoms with Gasteiger partial charge in [0, 0.05) is 20.0 Å². The van der Waals surface area contributed by atoms with Gasteiger partial charge in [0.25, 0.3) is 0 Å². The first kappa shape index (κ1) is 10.7. The molecule has 1 aliphatic carbocycles. The minimum absolute atomic E-state index is 0.135. The SMILES string of the molecule is Cc1nnc(C2(C3CCN(C=O)CC3)CC2)o1. The zero-order valence-electron chi connectivity index (χ0n) is 10.1. The molecule has 0 spiro atoms. The molecule has 1 saturated carbocycles. The Morgan fingerprint density at radius 1 is 1.35 bits per heavy atom. The second-order valence-corrected chi connectivity index (χ2v) is 5.20. The first-order valence-corrected chi connectivity index (χ1v) is 6.24. The van der Waals surface area contributed by atoms with Gasteiger partial charge in [-0.1, -0.05) is 0 Å². The van der Waals surface area contributed by atoms with E-state index in [4.69, 9.17) is 4.42 Å². The average molecular weight is 235 g/mol. The topological polar surface area (TPSA) is 59.2 Å². The van der Waals surface area contributed by atoms with Crippen molar-refractivity contribution in [3.63, 3.8) is 0 Å². The van der Waals surface area contributed by atoms with E-state index in [-0.39, 0.29) is 5.41 Å². The number of amides is 1. The first-order valence-electron chi connectivity index (χ1n) is 6.24. The molecule has 5 nitrogen and oxygen atoms in total. The van der Waals surface area contributed by atoms with E-state index in [1.807, 2.05) is 11.8 Å². The van der Waals surface area contributed by atoms with E-state index in [0.29, 0.717) is 11.8 Å². The van der Waals surface area contributed by atoms with Crippen LogP contribution in [-0.4, -0.2) is 34.6 Å². The van der Waals surface area contributed by atoms with Gasteiger partial charge in [-0.05, 0) is 31.6 Å². The van der Waals surface area contributed by atoms with Crippen LogP contribution in [-0.2, 0) is 10.2 Å². The Balaban J connectivity index is 1.74. The summed E-state index contributed by atoms with van der Waals surface area (Å²) in [6, 6.07) is 0. The molecule has 0 N–H and O–H groups in total. The van der Waals surface area contributed by atoms with Crippen molar-refractivity contribution in [2.45, 2.75) is 38.0 Å². The van der Waals surface area contributed by atoms with Crippen LogP contribution in [0.4, 0.5) is 0 Å². The smallest absolute Gasteiger partial charge is 0.222 e. The molecule has 1 aromatic heterocycles. The number of rotatable bonds is 3. The second kappa shape index (κ2) is 3.82. The van der Waals surface area contributed by atoms with Crippen molar-refractivity contribution in [1.29, 1.82) is 0 Å². The lowest BCUT2D eigenvalue weighted by atomic mass is 9.81. The van der Waals surface area contributed by atoms with Gasteiger partial charge in [-0.3, -0.25) is 4.79 Å². The summed E-state index contributed by atoms with van der Waals surface area (Å²) in [4.78, 5) is 12.5. The van der Waals surface area contributed by atoms with E-state index in [1.165, 1.54) is 0 Å². The van der Waals surface area contributed by atoms with Crippen LogP contribution in [0.25, 0.3) is 0 Å². The lowest BCUT2D eigenvalue weighted by Gasteiger charge is -2.33. The van der Waals surface area contributed by atoms with Crippen LogP contribution in [0.5, 0.6) is 0 Å². The third-order valence-electron chi connectivity index (χ3n) is 4.20. The molecule has 92 valence electrons. The number of likely N-dealkylation sites (tertiary alicyclic amines) is 1. The summed E-state index contributed by atoms with van der Waals surface area (Å²) >= 11 is 0. The molecule has 1 amide bonds. The molecular weight excluding hydrogens is 218 g/mol. The minimum atomic E-state index is 0.135. The van der Waals surface area contributed by atoms with Crippen LogP contribution in [0, 0.1) is 12.8 Å². The summed E-state index contributed by atoms with van der Waals surface area (Å²) in [5, 5.41) is 8.13. The molecule has 5 heteroatoms. The standard InChI is InChI=1S/C12H17N3O2/c1-9-13-14-11(17-9)12(4-5-12)10-2-6-15(8-16)7-3-10/h8,10H,2-7H2,1H3. The maximum Gasteiger partial charge on any atom is 0.222 e. The van der Waals surface area contributed by atoms with Gasteiger partial charge in [-0.2, -0.15) is 0 Å². The Hall–Kier alpha value is -1.39. The highest BCUT2D eigenvalue weighted by Gasteiger charge is 2.54. The van der Waals surface area contributed by atoms with Gasteiger partial charge in [0.2, 0.25) is 18.2 Å². The number of hydrogen-bond donors (Lipinski definition) is 0. The maximum atomic E-state index is 10.7. The number of carbonyl (C=O) groups is 1. The molecule has 0 atom stereocenters. The molecule has 0 radical (unpaired) electrons. The lowest BCUT2D eigenvalue weighted by molar-refractivity contribution is -0.119. The number of nitrogens with zero attached hydrogens (tertiary/aromatic N) is 3. The van der Waals surface area contributed by atoms with Crippen LogP contribution < -0.4 is 0 Å². The van der Waals surface area contributed by atoms with Gasteiger partial charge in [0.1, 0.15) is 0 Å². The fourth-order valence-corrected chi connectivity index (χ4v) is 2.99. The number of aromatic nitrogens is 2. The molecule has 2 heterocycles. The molecule has 2 fully saturated rings. The monoisotopic (exact) mass is 235 g/mol. The van der Waals surface area contributed by atoms with Crippen LogP contribution in [0.3, 0.4) is 0 Å². The summed E-state index contributed by atoms with van der Waals surface area (Å²) in [7, 11) is 0. The van der Waals surface area contributed by atoms with Crippen LogP contribution in [0.2, 0.25) is 0 Å². The fraction of sp³-hybridized carbons (Fsp3) is 0.750. The Labute approximate surface area is 100 Å². The third-order valence-corrected chi connectivity index (χ3v) is 4.20. The van der Waals surface area contributed by atoms with Crippen molar-refractivity contribution >= 4 is 6.41 Å². The van der Waals surface area contributed by atoms with Crippen molar-refractivity contribution in [1.82, 2.24) is 15.1 Å². The second-order valence-electron chi connectivity index (χ2n) is 5.20. The van der Waals surface area contributed by atoms with Crippen molar-refractivity contribution in [2.75, 3.05) is 13.1 Å².